The van der Waals surface area contributed by atoms with E-state index < -0.39 is 0 Å². The number of hydrogen-bond acceptors (Lipinski definition) is 5. The molecule has 1 N–H and O–H groups in total. The van der Waals surface area contributed by atoms with E-state index in [2.05, 4.69) is 16.3 Å². The van der Waals surface area contributed by atoms with Crippen molar-refractivity contribution in [2.45, 2.75) is 31.3 Å². The summed E-state index contributed by atoms with van der Waals surface area (Å²) in [5.74, 6) is 0.202. The van der Waals surface area contributed by atoms with Crippen LogP contribution in [0.5, 0.6) is 0 Å². The van der Waals surface area contributed by atoms with Crippen LogP contribution in [0, 0.1) is 0 Å². The maximum absolute atomic E-state index is 13.1. The normalized spacial score (nSPS) is 22.2. The van der Waals surface area contributed by atoms with Crippen molar-refractivity contribution in [3.05, 3.63) is 41.3 Å². The fourth-order valence-corrected chi connectivity index (χ4v) is 5.96. The van der Waals surface area contributed by atoms with E-state index in [1.807, 2.05) is 30.3 Å². The van der Waals surface area contributed by atoms with Gasteiger partial charge in [-0.3, -0.25) is 4.79 Å². The first-order valence-corrected chi connectivity index (χ1v) is 10.4. The molecule has 2 fully saturated rings. The lowest BCUT2D eigenvalue weighted by Crippen LogP contribution is -2.42. The average Bonchev–Trinajstić information content (AvgIpc) is 3.29. The lowest BCUT2D eigenvalue weighted by atomic mass is 10.1. The molecule has 4 heterocycles. The van der Waals surface area contributed by atoms with Crippen molar-refractivity contribution in [2.75, 3.05) is 13.1 Å². The molecule has 7 heteroatoms. The number of nitrogens with one attached hydrogen (secondary N) is 1. The quantitative estimate of drug-likeness (QED) is 0.686. The van der Waals surface area contributed by atoms with Crippen molar-refractivity contribution < 1.29 is 4.79 Å². The minimum absolute atomic E-state index is 0. The van der Waals surface area contributed by atoms with Crippen molar-refractivity contribution in [1.29, 1.82) is 0 Å². The summed E-state index contributed by atoms with van der Waals surface area (Å²) < 4.78 is 1.19. The standard InChI is InChI=1S/C19H19N3OS2.ClH/c23-19(22-12-5-6-13(22)11-20-10-9-12)17-8-7-16(24-17)18-21-14-3-1-2-4-15(14)25-18;/h1-4,7-8,12-13,20H,5-6,9-11H2;1H. The fraction of sp³-hybridized carbons (Fsp3) is 0.368. The average molecular weight is 406 g/mol. The number of carbonyl (C=O) groups excluding carboxylic acids is 1. The van der Waals surface area contributed by atoms with Crippen LogP contribution in [0.1, 0.15) is 28.9 Å². The van der Waals surface area contributed by atoms with Gasteiger partial charge in [0.2, 0.25) is 0 Å². The molecule has 0 spiro atoms. The highest BCUT2D eigenvalue weighted by molar-refractivity contribution is 7.26. The number of aromatic nitrogens is 1. The summed E-state index contributed by atoms with van der Waals surface area (Å²) in [6.07, 6.45) is 3.34. The number of thiazole rings is 1. The summed E-state index contributed by atoms with van der Waals surface area (Å²) in [5.41, 5.74) is 1.03. The fourth-order valence-electron chi connectivity index (χ4n) is 3.99. The van der Waals surface area contributed by atoms with Gasteiger partial charge in [-0.1, -0.05) is 12.1 Å². The molecular weight excluding hydrogens is 386 g/mol. The molecule has 2 unspecified atom stereocenters. The molecule has 2 aliphatic rings. The third-order valence-electron chi connectivity index (χ3n) is 5.21. The van der Waals surface area contributed by atoms with Crippen LogP contribution < -0.4 is 5.32 Å². The first-order valence-electron chi connectivity index (χ1n) is 8.79. The van der Waals surface area contributed by atoms with Crippen LogP contribution in [0.4, 0.5) is 0 Å². The highest BCUT2D eigenvalue weighted by Crippen LogP contribution is 2.36. The molecule has 0 saturated carbocycles. The molecule has 3 aromatic rings. The van der Waals surface area contributed by atoms with Gasteiger partial charge >= 0.3 is 0 Å². The van der Waals surface area contributed by atoms with Crippen LogP contribution in [0.3, 0.4) is 0 Å². The maximum atomic E-state index is 13.1. The predicted octanol–water partition coefficient (Wildman–Crippen LogP) is 4.41. The van der Waals surface area contributed by atoms with E-state index >= 15 is 0 Å². The van der Waals surface area contributed by atoms with Gasteiger partial charge < -0.3 is 10.2 Å². The highest BCUT2D eigenvalue weighted by Gasteiger charge is 2.38. The number of nitrogens with zero attached hydrogens (tertiary/aromatic N) is 2. The topological polar surface area (TPSA) is 45.2 Å². The van der Waals surface area contributed by atoms with E-state index in [1.165, 1.54) is 4.70 Å². The van der Waals surface area contributed by atoms with Gasteiger partial charge in [0.1, 0.15) is 5.01 Å². The minimum Gasteiger partial charge on any atom is -0.331 e. The van der Waals surface area contributed by atoms with Crippen molar-refractivity contribution in [1.82, 2.24) is 15.2 Å². The van der Waals surface area contributed by atoms with E-state index in [-0.39, 0.29) is 18.3 Å². The summed E-state index contributed by atoms with van der Waals surface area (Å²) in [5, 5.41) is 4.47. The van der Waals surface area contributed by atoms with Crippen LogP contribution in [0.2, 0.25) is 0 Å². The molecule has 2 bridgehead atoms. The van der Waals surface area contributed by atoms with Crippen molar-refractivity contribution in [2.24, 2.45) is 0 Å². The van der Waals surface area contributed by atoms with Gasteiger partial charge in [-0.2, -0.15) is 0 Å². The highest BCUT2D eigenvalue weighted by atomic mass is 35.5. The van der Waals surface area contributed by atoms with Gasteiger partial charge in [0.15, 0.2) is 0 Å². The van der Waals surface area contributed by atoms with E-state index in [0.717, 1.165) is 52.6 Å². The Morgan fingerprint density at radius 3 is 2.81 bits per heavy atom. The summed E-state index contributed by atoms with van der Waals surface area (Å²) in [7, 11) is 0. The Morgan fingerprint density at radius 2 is 1.92 bits per heavy atom. The molecule has 2 aromatic heterocycles. The number of halogens is 1. The molecule has 2 atom stereocenters. The monoisotopic (exact) mass is 405 g/mol. The van der Waals surface area contributed by atoms with Crippen LogP contribution in [-0.4, -0.2) is 41.0 Å². The van der Waals surface area contributed by atoms with E-state index in [4.69, 9.17) is 4.98 Å². The Hall–Kier alpha value is -1.47. The van der Waals surface area contributed by atoms with E-state index in [1.54, 1.807) is 22.7 Å². The Kier molecular flexibility index (Phi) is 5.01. The largest absolute Gasteiger partial charge is 0.331 e. The first-order chi connectivity index (χ1) is 12.3. The third-order valence-corrected chi connectivity index (χ3v) is 7.49. The van der Waals surface area contributed by atoms with Crippen molar-refractivity contribution in [3.63, 3.8) is 0 Å². The zero-order valence-corrected chi connectivity index (χ0v) is 16.6. The summed E-state index contributed by atoms with van der Waals surface area (Å²) in [6.45, 7) is 1.95. The number of carbonyl (C=O) groups is 1. The molecule has 0 radical (unpaired) electrons. The lowest BCUT2D eigenvalue weighted by molar-refractivity contribution is 0.0685. The number of amides is 1. The Morgan fingerprint density at radius 1 is 1.08 bits per heavy atom. The number of hydrogen-bond donors (Lipinski definition) is 1. The summed E-state index contributed by atoms with van der Waals surface area (Å²) >= 11 is 3.27. The van der Waals surface area contributed by atoms with Gasteiger partial charge in [-0.25, -0.2) is 4.98 Å². The van der Waals surface area contributed by atoms with E-state index in [0.29, 0.717) is 12.1 Å². The van der Waals surface area contributed by atoms with Crippen molar-refractivity contribution in [3.8, 4) is 9.88 Å². The molecule has 1 aromatic carbocycles. The van der Waals surface area contributed by atoms with Crippen LogP contribution in [0.25, 0.3) is 20.1 Å². The van der Waals surface area contributed by atoms with Gasteiger partial charge in [0.05, 0.1) is 20.0 Å². The predicted molar refractivity (Wildman–Crippen MR) is 111 cm³/mol. The lowest BCUT2D eigenvalue weighted by Gasteiger charge is -2.27. The molecular formula is C19H20ClN3OS2. The maximum Gasteiger partial charge on any atom is 0.264 e. The molecule has 4 nitrogen and oxygen atoms in total. The number of para-hydroxylation sites is 1. The summed E-state index contributed by atoms with van der Waals surface area (Å²) in [6, 6.07) is 13.0. The zero-order chi connectivity index (χ0) is 16.8. The molecule has 1 amide bonds. The second-order valence-corrected chi connectivity index (χ2v) is 8.86. The number of benzene rings is 1. The molecule has 5 rings (SSSR count). The molecule has 26 heavy (non-hydrogen) atoms. The second kappa shape index (κ2) is 7.27. The SMILES string of the molecule is Cl.O=C(c1ccc(-c2nc3ccccc3s2)s1)N1C2CCNCC1CC2. The molecule has 0 aliphatic carbocycles. The van der Waals surface area contributed by atoms with Gasteiger partial charge in [-0.05, 0) is 50.1 Å². The first kappa shape index (κ1) is 17.9. The second-order valence-electron chi connectivity index (χ2n) is 6.74. The molecule has 136 valence electrons. The third kappa shape index (κ3) is 3.05. The number of rotatable bonds is 2. The summed E-state index contributed by atoms with van der Waals surface area (Å²) in [4.78, 5) is 21.9. The number of thiophene rings is 1. The molecule has 2 saturated heterocycles. The minimum atomic E-state index is 0. The van der Waals surface area contributed by atoms with Crippen LogP contribution in [0.15, 0.2) is 36.4 Å². The smallest absolute Gasteiger partial charge is 0.264 e. The van der Waals surface area contributed by atoms with Crippen molar-refractivity contribution >= 4 is 51.2 Å². The van der Waals surface area contributed by atoms with Gasteiger partial charge in [0.25, 0.3) is 5.91 Å². The molecule has 2 aliphatic heterocycles. The number of fused-ring (bicyclic) bond motifs is 3. The van der Waals surface area contributed by atoms with Gasteiger partial charge in [-0.15, -0.1) is 35.1 Å². The van der Waals surface area contributed by atoms with Crippen LogP contribution in [-0.2, 0) is 0 Å². The van der Waals surface area contributed by atoms with E-state index in [9.17, 15) is 4.79 Å². The zero-order valence-electron chi connectivity index (χ0n) is 14.2. The Bertz CT molecular complexity index is 891. The Balaban J connectivity index is 0.00000168. The Labute approximate surface area is 166 Å². The van der Waals surface area contributed by atoms with Crippen LogP contribution >= 0.6 is 35.1 Å². The van der Waals surface area contributed by atoms with Gasteiger partial charge in [0, 0.05) is 18.6 Å².